The molecule has 2 N–H and O–H groups in total. The summed E-state index contributed by atoms with van der Waals surface area (Å²) in [5.74, 6) is -0.529. The van der Waals surface area contributed by atoms with Gasteiger partial charge in [-0.1, -0.05) is 294 Å². The monoisotopic (exact) mass is 1140 g/mol. The summed E-state index contributed by atoms with van der Waals surface area (Å²) in [4.78, 5) is 37.8. The van der Waals surface area contributed by atoms with Crippen molar-refractivity contribution in [2.75, 3.05) is 40.9 Å². The second-order valence-corrected chi connectivity index (χ2v) is 25.8. The van der Waals surface area contributed by atoms with Crippen molar-refractivity contribution in [1.29, 1.82) is 0 Å². The Kier molecular flexibility index (Phi) is 58.1. The number of unbranched alkanes of at least 4 members (excludes halogenated alkanes) is 38. The number of hydrogen-bond acceptors (Lipinski definition) is 6. The summed E-state index contributed by atoms with van der Waals surface area (Å²) < 4.78 is 30.8. The normalized spacial score (nSPS) is 13.9. The van der Waals surface area contributed by atoms with Crippen LogP contribution in [-0.2, 0) is 27.9 Å². The molecule has 0 aromatic carbocycles. The fourth-order valence-corrected chi connectivity index (χ4v) is 10.7. The van der Waals surface area contributed by atoms with Gasteiger partial charge in [-0.25, -0.2) is 4.57 Å². The summed E-state index contributed by atoms with van der Waals surface area (Å²) in [5.41, 5.74) is 0. The zero-order chi connectivity index (χ0) is 58.6. The van der Waals surface area contributed by atoms with Gasteiger partial charge in [-0.15, -0.1) is 0 Å². The minimum atomic E-state index is -4.46. The number of allylic oxidation sites excluding steroid dienone is 9. The quantitative estimate of drug-likeness (QED) is 0.0205. The van der Waals surface area contributed by atoms with E-state index in [1.807, 2.05) is 33.3 Å². The number of nitrogens with one attached hydrogen (secondary N) is 1. The Bertz CT molecular complexity index is 1550. The summed E-state index contributed by atoms with van der Waals surface area (Å²) >= 11 is 0. The largest absolute Gasteiger partial charge is 0.472 e. The van der Waals surface area contributed by atoms with E-state index < -0.39 is 20.0 Å². The van der Waals surface area contributed by atoms with Crippen LogP contribution in [0, 0.1) is 0 Å². The van der Waals surface area contributed by atoms with Gasteiger partial charge in [0.1, 0.15) is 19.3 Å². The van der Waals surface area contributed by atoms with Crippen LogP contribution in [0.3, 0.4) is 0 Å². The zero-order valence-corrected chi connectivity index (χ0v) is 54.5. The third-order valence-electron chi connectivity index (χ3n) is 15.2. The molecule has 0 rings (SSSR count). The Morgan fingerprint density at radius 2 is 0.762 bits per heavy atom. The Balaban J connectivity index is 5.16. The topological polar surface area (TPSA) is 111 Å². The Hall–Kier alpha value is -2.29. The van der Waals surface area contributed by atoms with E-state index in [0.717, 1.165) is 77.0 Å². The van der Waals surface area contributed by atoms with Crippen molar-refractivity contribution in [2.24, 2.45) is 0 Å². The molecule has 0 aliphatic heterocycles. The van der Waals surface area contributed by atoms with Crippen molar-refractivity contribution < 1.29 is 37.3 Å². The molecule has 1 amide bonds. The minimum absolute atomic E-state index is 0.0351. The standard InChI is InChI=1S/C70H131N2O7P/c1-7-10-13-16-19-22-25-28-30-32-34-35-36-37-39-40-42-44-47-50-53-56-59-62-69(73)71-67(66-78-80(75,76)77-65-64-72(4,5)6)68(61-58-55-52-49-46-27-24-21-18-15-12-9-3)79-70(74)63-60-57-54-51-48-45-43-41-38-33-31-29-26-23-20-17-14-11-8-2/h20,23,29,31,38,41,45,48,58,61,67-68H,7-19,21-22,24-28,30,32-37,39-40,42-44,46-47,49-57,59-60,62-66H2,1-6H3,(H-,71,73,75,76)/p+1/b23-20-,31-29-,41-38-,48-45-,61-58+. The van der Waals surface area contributed by atoms with E-state index in [1.54, 1.807) is 0 Å². The number of ether oxygens (including phenoxy) is 1. The van der Waals surface area contributed by atoms with Crippen LogP contribution in [0.15, 0.2) is 60.8 Å². The maximum Gasteiger partial charge on any atom is 0.472 e. The van der Waals surface area contributed by atoms with Crippen LogP contribution < -0.4 is 5.32 Å². The number of carbonyl (C=O) groups is 2. The maximum atomic E-state index is 13.6. The van der Waals surface area contributed by atoms with Crippen LogP contribution >= 0.6 is 7.82 Å². The second-order valence-electron chi connectivity index (χ2n) is 24.4. The molecule has 3 unspecified atom stereocenters. The number of quaternary nitrogens is 1. The number of amides is 1. The predicted molar refractivity (Wildman–Crippen MR) is 346 cm³/mol. The molecule has 3 atom stereocenters. The van der Waals surface area contributed by atoms with Gasteiger partial charge in [0.15, 0.2) is 0 Å². The molecular weight excluding hydrogens is 1010 g/mol. The van der Waals surface area contributed by atoms with Crippen molar-refractivity contribution in [3.05, 3.63) is 60.8 Å². The lowest BCUT2D eigenvalue weighted by molar-refractivity contribution is -0.870. The van der Waals surface area contributed by atoms with Crippen molar-refractivity contribution >= 4 is 19.7 Å². The Morgan fingerprint density at radius 1 is 0.438 bits per heavy atom. The number of carbonyl (C=O) groups excluding carboxylic acids is 2. The summed E-state index contributed by atoms with van der Waals surface area (Å²) in [7, 11) is 1.49. The fourth-order valence-electron chi connectivity index (χ4n) is 9.93. The van der Waals surface area contributed by atoms with Crippen LogP contribution in [0.4, 0.5) is 0 Å². The Labute approximate surface area is 496 Å². The fraction of sp³-hybridized carbons (Fsp3) is 0.829. The van der Waals surface area contributed by atoms with Crippen LogP contribution in [0.5, 0.6) is 0 Å². The van der Waals surface area contributed by atoms with E-state index in [2.05, 4.69) is 74.7 Å². The van der Waals surface area contributed by atoms with E-state index in [0.29, 0.717) is 23.9 Å². The first-order valence-electron chi connectivity index (χ1n) is 34.1. The summed E-state index contributed by atoms with van der Waals surface area (Å²) in [5, 5.41) is 3.06. The lowest BCUT2D eigenvalue weighted by atomic mass is 10.0. The third kappa shape index (κ3) is 60.3. The number of esters is 1. The highest BCUT2D eigenvalue weighted by Crippen LogP contribution is 2.43. The van der Waals surface area contributed by atoms with Crippen LogP contribution in [0.2, 0.25) is 0 Å². The summed E-state index contributed by atoms with van der Waals surface area (Å²) in [6, 6.07) is -0.861. The van der Waals surface area contributed by atoms with Crippen molar-refractivity contribution in [3.8, 4) is 0 Å². The summed E-state index contributed by atoms with van der Waals surface area (Å²) in [6.45, 7) is 7.00. The van der Waals surface area contributed by atoms with Crippen molar-refractivity contribution in [1.82, 2.24) is 5.32 Å². The maximum absolute atomic E-state index is 13.6. The van der Waals surface area contributed by atoms with Crippen molar-refractivity contribution in [2.45, 2.75) is 335 Å². The molecule has 9 nitrogen and oxygen atoms in total. The van der Waals surface area contributed by atoms with Gasteiger partial charge in [0.2, 0.25) is 5.91 Å². The molecule has 468 valence electrons. The molecule has 0 saturated carbocycles. The predicted octanol–water partition coefficient (Wildman–Crippen LogP) is 21.4. The van der Waals surface area contributed by atoms with Crippen molar-refractivity contribution in [3.63, 3.8) is 0 Å². The average Bonchev–Trinajstić information content (AvgIpc) is 3.43. The number of likely N-dealkylation sites (N-methyl/N-ethyl adjacent to an activating group) is 1. The third-order valence-corrected chi connectivity index (χ3v) is 16.2. The molecule has 10 heteroatoms. The number of nitrogens with zero attached hydrogens (tertiary/aromatic N) is 1. The van der Waals surface area contributed by atoms with Gasteiger partial charge in [0.25, 0.3) is 0 Å². The smallest absolute Gasteiger partial charge is 0.456 e. The number of hydrogen-bond donors (Lipinski definition) is 2. The van der Waals surface area contributed by atoms with E-state index in [-0.39, 0.29) is 31.5 Å². The first kappa shape index (κ1) is 77.7. The van der Waals surface area contributed by atoms with E-state index in [4.69, 9.17) is 13.8 Å². The second kappa shape index (κ2) is 59.9. The number of rotatable bonds is 62. The molecule has 0 aliphatic rings. The zero-order valence-electron chi connectivity index (χ0n) is 53.6. The van der Waals surface area contributed by atoms with Gasteiger partial charge in [-0.05, 0) is 76.7 Å². The minimum Gasteiger partial charge on any atom is -0.456 e. The van der Waals surface area contributed by atoms with Gasteiger partial charge in [0.05, 0.1) is 33.8 Å². The molecule has 0 fully saturated rings. The molecule has 0 radical (unpaired) electrons. The number of phosphoric acid groups is 1. The van der Waals surface area contributed by atoms with E-state index in [9.17, 15) is 19.0 Å². The molecule has 0 heterocycles. The van der Waals surface area contributed by atoms with Gasteiger partial charge >= 0.3 is 13.8 Å². The molecule has 0 bridgehead atoms. The average molecular weight is 1140 g/mol. The molecule has 0 saturated heterocycles. The number of phosphoric ester groups is 1. The first-order chi connectivity index (χ1) is 38.9. The lowest BCUT2D eigenvalue weighted by Gasteiger charge is -2.27. The van der Waals surface area contributed by atoms with E-state index >= 15 is 0 Å². The molecule has 0 aromatic heterocycles. The van der Waals surface area contributed by atoms with Gasteiger partial charge in [-0.2, -0.15) is 0 Å². The van der Waals surface area contributed by atoms with Crippen LogP contribution in [0.25, 0.3) is 0 Å². The highest BCUT2D eigenvalue weighted by atomic mass is 31.2. The molecular formula is C70H132N2O7P+. The highest BCUT2D eigenvalue weighted by molar-refractivity contribution is 7.47. The first-order valence-corrected chi connectivity index (χ1v) is 35.6. The van der Waals surface area contributed by atoms with Gasteiger partial charge < -0.3 is 19.4 Å². The molecule has 0 aliphatic carbocycles. The van der Waals surface area contributed by atoms with Gasteiger partial charge in [-0.3, -0.25) is 18.6 Å². The van der Waals surface area contributed by atoms with E-state index in [1.165, 1.54) is 205 Å². The lowest BCUT2D eigenvalue weighted by Crippen LogP contribution is -2.47. The van der Waals surface area contributed by atoms with Crippen LogP contribution in [-0.4, -0.2) is 74.3 Å². The Morgan fingerprint density at radius 3 is 1.18 bits per heavy atom. The summed E-state index contributed by atoms with van der Waals surface area (Å²) in [6.07, 6.45) is 76.6. The SMILES string of the molecule is CCCCC/C=C\C/C=C\C/C=C\C/C=C\CCCCCC(=O)OC(/C=C/CCCCCCCCCCCC)C(COP(=O)(O)OCC[N+](C)(C)C)NC(=O)CCCCCCCCCCCCCCCCCCCCCCCCC. The molecule has 80 heavy (non-hydrogen) atoms. The van der Waals surface area contributed by atoms with Crippen LogP contribution in [0.1, 0.15) is 323 Å². The highest BCUT2D eigenvalue weighted by Gasteiger charge is 2.30. The molecule has 0 aromatic rings. The molecule has 0 spiro atoms. The van der Waals surface area contributed by atoms with Gasteiger partial charge in [0, 0.05) is 12.8 Å².